The van der Waals surface area contributed by atoms with E-state index in [4.69, 9.17) is 0 Å². The molecule has 0 radical (unpaired) electrons. The number of hydrogen-bond donors (Lipinski definition) is 3. The number of fused-ring (bicyclic) bond motifs is 1. The topological polar surface area (TPSA) is 87.3 Å². The number of rotatable bonds is 4. The first-order chi connectivity index (χ1) is 14.5. The molecular formula is C23H27N3O3S. The van der Waals surface area contributed by atoms with E-state index in [1.54, 1.807) is 24.3 Å². The number of hydrogen-bond acceptors (Lipinski definition) is 4. The van der Waals surface area contributed by atoms with E-state index in [9.17, 15) is 14.4 Å². The van der Waals surface area contributed by atoms with Gasteiger partial charge in [0.25, 0.3) is 11.8 Å². The van der Waals surface area contributed by atoms with Crippen molar-refractivity contribution in [3.63, 3.8) is 0 Å². The van der Waals surface area contributed by atoms with Gasteiger partial charge >= 0.3 is 0 Å². The van der Waals surface area contributed by atoms with Gasteiger partial charge in [-0.05, 0) is 73.9 Å². The average molecular weight is 426 g/mol. The number of amides is 3. The molecule has 6 nitrogen and oxygen atoms in total. The molecule has 1 saturated carbocycles. The molecule has 0 spiro atoms. The summed E-state index contributed by atoms with van der Waals surface area (Å²) in [7, 11) is 0. The third kappa shape index (κ3) is 4.90. The Morgan fingerprint density at radius 3 is 2.30 bits per heavy atom. The molecule has 7 heteroatoms. The molecule has 2 atom stereocenters. The van der Waals surface area contributed by atoms with Crippen molar-refractivity contribution < 1.29 is 14.4 Å². The Labute approximate surface area is 180 Å². The van der Waals surface area contributed by atoms with Crippen LogP contribution >= 0.6 is 11.3 Å². The van der Waals surface area contributed by atoms with Crippen LogP contribution in [0.1, 0.15) is 69.5 Å². The molecule has 2 aromatic rings. The number of carbonyl (C=O) groups excluding carboxylic acids is 3. The summed E-state index contributed by atoms with van der Waals surface area (Å²) in [4.78, 5) is 38.7. The Morgan fingerprint density at radius 1 is 0.933 bits per heavy atom. The fraction of sp³-hybridized carbons (Fsp3) is 0.435. The highest BCUT2D eigenvalue weighted by atomic mass is 32.1. The van der Waals surface area contributed by atoms with Crippen molar-refractivity contribution >= 4 is 34.7 Å². The van der Waals surface area contributed by atoms with Crippen molar-refractivity contribution in [3.8, 4) is 0 Å². The van der Waals surface area contributed by atoms with Gasteiger partial charge in [-0.25, -0.2) is 0 Å². The molecule has 3 amide bonds. The number of carbonyl (C=O) groups is 3. The number of aryl methyl sites for hydroxylation is 2. The van der Waals surface area contributed by atoms with E-state index in [1.165, 1.54) is 41.0 Å². The normalized spacial score (nSPS) is 20.3. The van der Waals surface area contributed by atoms with Crippen molar-refractivity contribution in [2.24, 2.45) is 11.8 Å². The summed E-state index contributed by atoms with van der Waals surface area (Å²) < 4.78 is 0. The predicted molar refractivity (Wildman–Crippen MR) is 117 cm³/mol. The molecule has 4 rings (SSSR count). The zero-order valence-corrected chi connectivity index (χ0v) is 17.9. The summed E-state index contributed by atoms with van der Waals surface area (Å²) in [6.07, 6.45) is 7.81. The van der Waals surface area contributed by atoms with Gasteiger partial charge in [0, 0.05) is 22.0 Å². The number of anilines is 1. The molecule has 2 aliphatic carbocycles. The van der Waals surface area contributed by atoms with Gasteiger partial charge < -0.3 is 5.32 Å². The summed E-state index contributed by atoms with van der Waals surface area (Å²) in [6.45, 7) is 2.06. The highest BCUT2D eigenvalue weighted by molar-refractivity contribution is 7.14. The number of benzene rings is 1. The standard InChI is InChI=1S/C23H27N3O3S/c1-14-12-18(14)22(28)24-17-10-8-15(9-11-17)21(27)25-26-23(29)20-13-16-6-4-2-3-5-7-19(16)30-20/h8-11,13-14,18H,2-7,12H2,1H3,(H,24,28)(H,25,27)(H,26,29). The molecule has 0 saturated heterocycles. The van der Waals surface area contributed by atoms with Gasteiger partial charge in [0.15, 0.2) is 0 Å². The number of thiophene rings is 1. The van der Waals surface area contributed by atoms with E-state index in [0.29, 0.717) is 22.0 Å². The SMILES string of the molecule is CC1CC1C(=O)Nc1ccc(C(=O)NNC(=O)c2cc3c(s2)CCCCCC3)cc1. The van der Waals surface area contributed by atoms with Crippen molar-refractivity contribution in [1.29, 1.82) is 0 Å². The van der Waals surface area contributed by atoms with Crippen LogP contribution in [0.4, 0.5) is 5.69 Å². The Balaban J connectivity index is 1.30. The third-order valence-corrected chi connectivity index (χ3v) is 7.11. The second-order valence-corrected chi connectivity index (χ2v) is 9.40. The minimum absolute atomic E-state index is 0.0250. The van der Waals surface area contributed by atoms with Gasteiger partial charge in [-0.3, -0.25) is 25.2 Å². The van der Waals surface area contributed by atoms with Gasteiger partial charge in [-0.1, -0.05) is 19.8 Å². The van der Waals surface area contributed by atoms with Crippen molar-refractivity contribution in [2.45, 2.75) is 51.9 Å². The Kier molecular flexibility index (Phi) is 6.18. The molecule has 0 bridgehead atoms. The lowest BCUT2D eigenvalue weighted by molar-refractivity contribution is -0.117. The number of hydrazine groups is 1. The van der Waals surface area contributed by atoms with Crippen LogP contribution in [0, 0.1) is 11.8 Å². The Hall–Kier alpha value is -2.67. The van der Waals surface area contributed by atoms with Crippen LogP contribution in [-0.2, 0) is 17.6 Å². The fourth-order valence-electron chi connectivity index (χ4n) is 3.83. The maximum Gasteiger partial charge on any atom is 0.279 e. The van der Waals surface area contributed by atoms with Crippen molar-refractivity contribution in [2.75, 3.05) is 5.32 Å². The molecule has 1 heterocycles. The average Bonchev–Trinajstić information content (AvgIpc) is 3.34. The highest BCUT2D eigenvalue weighted by Gasteiger charge is 2.39. The summed E-state index contributed by atoms with van der Waals surface area (Å²) in [6, 6.07) is 8.61. The minimum atomic E-state index is -0.396. The zero-order chi connectivity index (χ0) is 21.1. The molecule has 0 aliphatic heterocycles. The highest BCUT2D eigenvalue weighted by Crippen LogP contribution is 2.38. The third-order valence-electron chi connectivity index (χ3n) is 5.87. The maximum absolute atomic E-state index is 12.5. The first kappa shape index (κ1) is 20.6. The minimum Gasteiger partial charge on any atom is -0.326 e. The molecule has 1 aromatic heterocycles. The first-order valence-electron chi connectivity index (χ1n) is 10.6. The van der Waals surface area contributed by atoms with Gasteiger partial charge in [-0.15, -0.1) is 11.3 Å². The lowest BCUT2D eigenvalue weighted by atomic mass is 10.00. The largest absolute Gasteiger partial charge is 0.326 e. The van der Waals surface area contributed by atoms with Crippen LogP contribution in [-0.4, -0.2) is 17.7 Å². The molecule has 3 N–H and O–H groups in total. The predicted octanol–water partition coefficient (Wildman–Crippen LogP) is 4.08. The van der Waals surface area contributed by atoms with Crippen molar-refractivity contribution in [1.82, 2.24) is 10.9 Å². The lowest BCUT2D eigenvalue weighted by Gasteiger charge is -2.08. The second kappa shape index (κ2) is 9.00. The molecule has 2 unspecified atom stereocenters. The smallest absolute Gasteiger partial charge is 0.279 e. The van der Waals surface area contributed by atoms with Crippen LogP contribution in [0.2, 0.25) is 0 Å². The van der Waals surface area contributed by atoms with Crippen LogP contribution in [0.15, 0.2) is 30.3 Å². The van der Waals surface area contributed by atoms with Crippen LogP contribution in [0.5, 0.6) is 0 Å². The van der Waals surface area contributed by atoms with E-state index in [1.807, 2.05) is 6.07 Å². The maximum atomic E-state index is 12.5. The van der Waals surface area contributed by atoms with E-state index < -0.39 is 5.91 Å². The Morgan fingerprint density at radius 2 is 1.60 bits per heavy atom. The summed E-state index contributed by atoms with van der Waals surface area (Å²) in [5, 5.41) is 2.87. The molecule has 30 heavy (non-hydrogen) atoms. The molecule has 2 aliphatic rings. The fourth-order valence-corrected chi connectivity index (χ4v) is 4.98. The summed E-state index contributed by atoms with van der Waals surface area (Å²) in [5.74, 6) is -0.118. The van der Waals surface area contributed by atoms with Gasteiger partial charge in [0.05, 0.1) is 4.88 Å². The Bertz CT molecular complexity index is 926. The van der Waals surface area contributed by atoms with E-state index in [-0.39, 0.29) is 17.7 Å². The van der Waals surface area contributed by atoms with E-state index in [2.05, 4.69) is 23.1 Å². The molecule has 158 valence electrons. The van der Waals surface area contributed by atoms with E-state index >= 15 is 0 Å². The zero-order valence-electron chi connectivity index (χ0n) is 17.1. The monoisotopic (exact) mass is 425 g/mol. The number of nitrogens with one attached hydrogen (secondary N) is 3. The second-order valence-electron chi connectivity index (χ2n) is 8.27. The quantitative estimate of drug-likeness (QED) is 0.645. The summed E-state index contributed by atoms with van der Waals surface area (Å²) >= 11 is 1.53. The van der Waals surface area contributed by atoms with Gasteiger partial charge in [0.2, 0.25) is 5.91 Å². The molecule has 1 fully saturated rings. The van der Waals surface area contributed by atoms with Crippen molar-refractivity contribution in [3.05, 3.63) is 51.2 Å². The van der Waals surface area contributed by atoms with Crippen LogP contribution < -0.4 is 16.2 Å². The van der Waals surface area contributed by atoms with Crippen LogP contribution in [0.3, 0.4) is 0 Å². The molecular weight excluding hydrogens is 398 g/mol. The van der Waals surface area contributed by atoms with Gasteiger partial charge in [0.1, 0.15) is 0 Å². The van der Waals surface area contributed by atoms with Crippen LogP contribution in [0.25, 0.3) is 0 Å². The van der Waals surface area contributed by atoms with Gasteiger partial charge in [-0.2, -0.15) is 0 Å². The van der Waals surface area contributed by atoms with E-state index in [0.717, 1.165) is 25.7 Å². The first-order valence-corrected chi connectivity index (χ1v) is 11.5. The lowest BCUT2D eigenvalue weighted by Crippen LogP contribution is -2.41. The molecule has 1 aromatic carbocycles. The summed E-state index contributed by atoms with van der Waals surface area (Å²) in [5.41, 5.74) is 7.34.